The van der Waals surface area contributed by atoms with Crippen molar-refractivity contribution in [1.29, 1.82) is 0 Å². The van der Waals surface area contributed by atoms with Crippen LogP contribution in [0.5, 0.6) is 17.2 Å². The molecule has 0 bridgehead atoms. The van der Waals surface area contributed by atoms with Gasteiger partial charge in [0.25, 0.3) is 0 Å². The van der Waals surface area contributed by atoms with Crippen LogP contribution in [0.15, 0.2) is 62.9 Å². The third-order valence-corrected chi connectivity index (χ3v) is 4.51. The number of allylic oxidation sites excluding steroid dienone is 4. The van der Waals surface area contributed by atoms with Gasteiger partial charge in [-0.15, -0.1) is 0 Å². The van der Waals surface area contributed by atoms with Gasteiger partial charge < -0.3 is 19.0 Å². The molecule has 0 unspecified atom stereocenters. The molecule has 1 heterocycles. The minimum absolute atomic E-state index is 0.0357. The number of phenolic OH excluding ortho intramolecular Hbond substituents is 1. The number of para-hydroxylation sites is 1. The van der Waals surface area contributed by atoms with Crippen molar-refractivity contribution in [3.8, 4) is 17.2 Å². The smallest absolute Gasteiger partial charge is 0.383 e. The summed E-state index contributed by atoms with van der Waals surface area (Å²) in [5, 5.41) is 10.6. The van der Waals surface area contributed by atoms with Gasteiger partial charge in [0.15, 0.2) is 17.1 Å². The summed E-state index contributed by atoms with van der Waals surface area (Å²) in [5.74, 6) is 0.221. The van der Waals surface area contributed by atoms with Crippen molar-refractivity contribution in [2.75, 3.05) is 13.2 Å². The first-order valence-corrected chi connectivity index (χ1v) is 10.4. The van der Waals surface area contributed by atoms with Crippen molar-refractivity contribution in [3.63, 3.8) is 0 Å². The van der Waals surface area contributed by atoms with Gasteiger partial charge in [-0.3, -0.25) is 0 Å². The Morgan fingerprint density at radius 3 is 2.60 bits per heavy atom. The predicted molar refractivity (Wildman–Crippen MR) is 122 cm³/mol. The van der Waals surface area contributed by atoms with Gasteiger partial charge in [-0.25, -0.2) is 4.79 Å². The summed E-state index contributed by atoms with van der Waals surface area (Å²) in [6.07, 6.45) is 11.8. The van der Waals surface area contributed by atoms with Crippen LogP contribution in [-0.2, 0) is 0 Å². The van der Waals surface area contributed by atoms with Gasteiger partial charge in [0.2, 0.25) is 5.75 Å². The molecule has 1 N–H and O–H groups in total. The van der Waals surface area contributed by atoms with E-state index in [1.807, 2.05) is 18.2 Å². The normalized spacial score (nSPS) is 11.8. The second-order valence-electron chi connectivity index (χ2n) is 7.40. The highest BCUT2D eigenvalue weighted by molar-refractivity contribution is 5.89. The van der Waals surface area contributed by atoms with Crippen LogP contribution in [0.4, 0.5) is 0 Å². The van der Waals surface area contributed by atoms with Crippen molar-refractivity contribution < 1.29 is 19.0 Å². The zero-order chi connectivity index (χ0) is 21.9. The second-order valence-corrected chi connectivity index (χ2v) is 7.40. The minimum Gasteiger partial charge on any atom is -0.504 e. The van der Waals surface area contributed by atoms with Crippen LogP contribution in [0.3, 0.4) is 0 Å². The topological polar surface area (TPSA) is 68.9 Å². The summed E-state index contributed by atoms with van der Waals surface area (Å²) in [6, 6.07) is 4.89. The van der Waals surface area contributed by atoms with Crippen LogP contribution < -0.4 is 15.1 Å². The Morgan fingerprint density at radius 1 is 1.07 bits per heavy atom. The molecule has 0 spiro atoms. The third kappa shape index (κ3) is 6.83. The summed E-state index contributed by atoms with van der Waals surface area (Å²) in [4.78, 5) is 12.5. The van der Waals surface area contributed by atoms with E-state index in [9.17, 15) is 9.90 Å². The van der Waals surface area contributed by atoms with E-state index in [1.54, 1.807) is 12.1 Å². The van der Waals surface area contributed by atoms with Crippen molar-refractivity contribution in [2.24, 2.45) is 0 Å². The summed E-state index contributed by atoms with van der Waals surface area (Å²) < 4.78 is 17.0. The minimum atomic E-state index is -0.664. The molecule has 2 aromatic rings. The number of hydrogen-bond acceptors (Lipinski definition) is 5. The maximum atomic E-state index is 12.5. The van der Waals surface area contributed by atoms with Crippen molar-refractivity contribution in [1.82, 2.24) is 0 Å². The first-order valence-electron chi connectivity index (χ1n) is 10.4. The second kappa shape index (κ2) is 11.9. The van der Waals surface area contributed by atoms with Crippen LogP contribution in [0.2, 0.25) is 0 Å². The number of hydrogen-bond donors (Lipinski definition) is 1. The first kappa shape index (κ1) is 23.3. The fraction of sp³-hybridized carbons (Fsp3) is 0.400. The van der Waals surface area contributed by atoms with Crippen LogP contribution >= 0.6 is 0 Å². The van der Waals surface area contributed by atoms with Gasteiger partial charge in [0, 0.05) is 0 Å². The monoisotopic (exact) mass is 412 g/mol. The van der Waals surface area contributed by atoms with Gasteiger partial charge in [-0.05, 0) is 64.7 Å². The zero-order valence-electron chi connectivity index (χ0n) is 18.4. The molecule has 5 nitrogen and oxygen atoms in total. The fourth-order valence-corrected chi connectivity index (χ4v) is 2.90. The first-order chi connectivity index (χ1) is 14.4. The molecule has 0 aliphatic carbocycles. The van der Waals surface area contributed by atoms with E-state index < -0.39 is 5.63 Å². The lowest BCUT2D eigenvalue weighted by Crippen LogP contribution is -2.11. The maximum absolute atomic E-state index is 12.5. The molecule has 0 fully saturated rings. The van der Waals surface area contributed by atoms with E-state index >= 15 is 0 Å². The van der Waals surface area contributed by atoms with Gasteiger partial charge in [0.1, 0.15) is 6.61 Å². The lowest BCUT2D eigenvalue weighted by atomic mass is 10.1. The van der Waals surface area contributed by atoms with Gasteiger partial charge in [-0.1, -0.05) is 42.4 Å². The maximum Gasteiger partial charge on any atom is 0.383 e. The molecule has 30 heavy (non-hydrogen) atoms. The summed E-state index contributed by atoms with van der Waals surface area (Å²) >= 11 is 0. The average Bonchev–Trinajstić information content (AvgIpc) is 2.69. The SMILES string of the molecule is CCC=CCCOc1c(OCC=C(C)CCC=C(C)C)c2cccc(O)c2oc1=O. The molecule has 0 atom stereocenters. The molecule has 2 rings (SSSR count). The highest BCUT2D eigenvalue weighted by Gasteiger charge is 2.19. The molecule has 0 aliphatic rings. The molecule has 1 aromatic carbocycles. The Balaban J connectivity index is 2.24. The van der Waals surface area contributed by atoms with Gasteiger partial charge in [-0.2, -0.15) is 0 Å². The van der Waals surface area contributed by atoms with E-state index in [-0.39, 0.29) is 17.1 Å². The van der Waals surface area contributed by atoms with E-state index in [1.165, 1.54) is 17.2 Å². The molecule has 162 valence electrons. The standard InChI is InChI=1S/C25H32O5/c1-5-6-7-8-16-28-24-23(29-17-15-19(4)12-9-11-18(2)3)20-13-10-14-21(26)22(20)30-25(24)27/h6-7,10-11,13-15,26H,5,8-9,12,16-17H2,1-4H3. The molecule has 0 saturated carbocycles. The van der Waals surface area contributed by atoms with Gasteiger partial charge >= 0.3 is 5.63 Å². The average molecular weight is 413 g/mol. The Labute approximate surface area is 178 Å². The predicted octanol–water partition coefficient (Wildman–Crippen LogP) is 6.31. The van der Waals surface area contributed by atoms with Crippen LogP contribution in [-0.4, -0.2) is 18.3 Å². The van der Waals surface area contributed by atoms with E-state index in [2.05, 4.69) is 33.8 Å². The Bertz CT molecular complexity index is 975. The number of phenols is 1. The molecule has 0 amide bonds. The lowest BCUT2D eigenvalue weighted by molar-refractivity contribution is 0.275. The summed E-state index contributed by atoms with van der Waals surface area (Å²) in [5.41, 5.74) is 1.94. The number of rotatable bonds is 11. The van der Waals surface area contributed by atoms with Crippen molar-refractivity contribution in [2.45, 2.75) is 53.4 Å². The molecule has 1 aromatic heterocycles. The molecule has 0 saturated heterocycles. The van der Waals surface area contributed by atoms with Crippen LogP contribution in [0.25, 0.3) is 11.0 Å². The van der Waals surface area contributed by atoms with Crippen molar-refractivity contribution >= 4 is 11.0 Å². The van der Waals surface area contributed by atoms with Crippen LogP contribution in [0.1, 0.15) is 53.4 Å². The number of benzene rings is 1. The molecule has 5 heteroatoms. The lowest BCUT2D eigenvalue weighted by Gasteiger charge is -2.13. The Hall–Kier alpha value is -2.95. The van der Waals surface area contributed by atoms with E-state index in [0.29, 0.717) is 30.8 Å². The summed E-state index contributed by atoms with van der Waals surface area (Å²) in [6.45, 7) is 8.92. The highest BCUT2D eigenvalue weighted by atomic mass is 16.5. The Morgan fingerprint density at radius 2 is 1.87 bits per heavy atom. The highest BCUT2D eigenvalue weighted by Crippen LogP contribution is 2.36. The largest absolute Gasteiger partial charge is 0.504 e. The number of aromatic hydroxyl groups is 1. The number of ether oxygens (including phenoxy) is 2. The Kier molecular flexibility index (Phi) is 9.26. The van der Waals surface area contributed by atoms with Gasteiger partial charge in [0.05, 0.1) is 12.0 Å². The third-order valence-electron chi connectivity index (χ3n) is 4.51. The molecule has 0 radical (unpaired) electrons. The zero-order valence-corrected chi connectivity index (χ0v) is 18.4. The molecule has 0 aliphatic heterocycles. The van der Waals surface area contributed by atoms with E-state index in [4.69, 9.17) is 13.9 Å². The van der Waals surface area contributed by atoms with Crippen LogP contribution in [0, 0.1) is 0 Å². The fourth-order valence-electron chi connectivity index (χ4n) is 2.90. The molecular formula is C25H32O5. The number of fused-ring (bicyclic) bond motifs is 1. The van der Waals surface area contributed by atoms with E-state index in [0.717, 1.165) is 19.3 Å². The summed E-state index contributed by atoms with van der Waals surface area (Å²) in [7, 11) is 0. The quantitative estimate of drug-likeness (QED) is 0.266. The van der Waals surface area contributed by atoms with Crippen molar-refractivity contribution in [3.05, 3.63) is 64.1 Å². The molecular weight excluding hydrogens is 380 g/mol.